The largest absolute Gasteiger partial charge is 0.488 e. The first-order chi connectivity index (χ1) is 14.6. The van der Waals surface area contributed by atoms with Crippen LogP contribution >= 0.6 is 15.9 Å². The molecule has 0 bridgehead atoms. The van der Waals surface area contributed by atoms with Crippen molar-refractivity contribution >= 4 is 33.6 Å². The Labute approximate surface area is 184 Å². The third-order valence-electron chi connectivity index (χ3n) is 4.49. The third kappa shape index (κ3) is 5.82. The van der Waals surface area contributed by atoms with Gasteiger partial charge in [0, 0.05) is 15.7 Å². The van der Waals surface area contributed by atoms with Gasteiger partial charge in [0.05, 0.1) is 0 Å². The number of halogens is 1. The van der Waals surface area contributed by atoms with E-state index in [2.05, 4.69) is 28.2 Å². The summed E-state index contributed by atoms with van der Waals surface area (Å²) in [5, 5.41) is 12.3. The summed E-state index contributed by atoms with van der Waals surface area (Å²) in [4.78, 5) is 12.6. The van der Waals surface area contributed by atoms with Crippen molar-refractivity contribution in [3.8, 4) is 11.8 Å². The molecule has 0 saturated heterocycles. The zero-order valence-electron chi connectivity index (χ0n) is 16.6. The number of nitrogens with one attached hydrogen (secondary N) is 1. The summed E-state index contributed by atoms with van der Waals surface area (Å²) in [6.45, 7) is 2.46. The molecule has 0 aliphatic carbocycles. The fourth-order valence-electron chi connectivity index (χ4n) is 2.83. The normalized spacial score (nSPS) is 10.9. The van der Waals surface area contributed by atoms with Gasteiger partial charge in [0.2, 0.25) is 0 Å². The molecule has 150 valence electrons. The van der Waals surface area contributed by atoms with Crippen molar-refractivity contribution in [2.75, 3.05) is 5.32 Å². The number of benzene rings is 3. The SMILES string of the molecule is CCc1ccc(NC(=O)/C(C#N)=C/c2cc(Br)ccc2OCc2ccccc2)cc1. The first kappa shape index (κ1) is 21.4. The number of nitrogens with zero attached hydrogens (tertiary/aromatic N) is 1. The minimum absolute atomic E-state index is 0.00257. The van der Waals surface area contributed by atoms with E-state index in [1.807, 2.05) is 78.9 Å². The Balaban J connectivity index is 1.80. The van der Waals surface area contributed by atoms with Crippen LogP contribution in [0.3, 0.4) is 0 Å². The lowest BCUT2D eigenvalue weighted by molar-refractivity contribution is -0.112. The third-order valence-corrected chi connectivity index (χ3v) is 4.99. The van der Waals surface area contributed by atoms with Crippen LogP contribution in [-0.4, -0.2) is 5.91 Å². The summed E-state index contributed by atoms with van der Waals surface area (Å²) in [5.74, 6) is 0.130. The number of ether oxygens (including phenoxy) is 1. The minimum atomic E-state index is -0.462. The second-order valence-corrected chi connectivity index (χ2v) is 7.55. The monoisotopic (exact) mass is 460 g/mol. The van der Waals surface area contributed by atoms with Crippen molar-refractivity contribution in [1.82, 2.24) is 0 Å². The molecule has 0 unspecified atom stereocenters. The fraction of sp³-hybridized carbons (Fsp3) is 0.120. The molecule has 1 N–H and O–H groups in total. The van der Waals surface area contributed by atoms with Gasteiger partial charge in [0.25, 0.3) is 5.91 Å². The molecular formula is C25H21BrN2O2. The molecule has 3 aromatic carbocycles. The van der Waals surface area contributed by atoms with Crippen molar-refractivity contribution in [2.45, 2.75) is 20.0 Å². The lowest BCUT2D eigenvalue weighted by atomic mass is 10.1. The molecule has 0 aliphatic heterocycles. The summed E-state index contributed by atoms with van der Waals surface area (Å²) in [6.07, 6.45) is 2.47. The lowest BCUT2D eigenvalue weighted by Crippen LogP contribution is -2.13. The molecular weight excluding hydrogens is 440 g/mol. The van der Waals surface area contributed by atoms with Crippen LogP contribution in [0.4, 0.5) is 5.69 Å². The Bertz CT molecular complexity index is 1080. The molecule has 3 rings (SSSR count). The topological polar surface area (TPSA) is 62.1 Å². The Morgan fingerprint density at radius 3 is 2.47 bits per heavy atom. The number of carbonyl (C=O) groups excluding carboxylic acids is 1. The van der Waals surface area contributed by atoms with Crippen LogP contribution in [0.2, 0.25) is 0 Å². The van der Waals surface area contributed by atoms with E-state index in [9.17, 15) is 10.1 Å². The molecule has 0 heterocycles. The molecule has 0 saturated carbocycles. The van der Waals surface area contributed by atoms with Gasteiger partial charge >= 0.3 is 0 Å². The lowest BCUT2D eigenvalue weighted by Gasteiger charge is -2.11. The number of hydrogen-bond acceptors (Lipinski definition) is 3. The fourth-order valence-corrected chi connectivity index (χ4v) is 3.20. The second-order valence-electron chi connectivity index (χ2n) is 6.63. The van der Waals surface area contributed by atoms with E-state index in [0.29, 0.717) is 23.6 Å². The van der Waals surface area contributed by atoms with E-state index in [-0.39, 0.29) is 5.57 Å². The molecule has 0 aromatic heterocycles. The zero-order valence-corrected chi connectivity index (χ0v) is 18.1. The van der Waals surface area contributed by atoms with Gasteiger partial charge in [0.1, 0.15) is 24.0 Å². The number of amides is 1. The van der Waals surface area contributed by atoms with Gasteiger partial charge in [-0.25, -0.2) is 0 Å². The minimum Gasteiger partial charge on any atom is -0.488 e. The number of rotatable bonds is 7. The van der Waals surface area contributed by atoms with Crippen molar-refractivity contribution in [3.05, 3.63) is 99.5 Å². The highest BCUT2D eigenvalue weighted by molar-refractivity contribution is 9.10. The smallest absolute Gasteiger partial charge is 0.266 e. The van der Waals surface area contributed by atoms with Crippen LogP contribution in [0.25, 0.3) is 6.08 Å². The van der Waals surface area contributed by atoms with E-state index in [1.54, 1.807) is 6.08 Å². The van der Waals surface area contributed by atoms with Gasteiger partial charge in [0.15, 0.2) is 0 Å². The van der Waals surface area contributed by atoms with Gasteiger partial charge in [-0.2, -0.15) is 5.26 Å². The maximum Gasteiger partial charge on any atom is 0.266 e. The quantitative estimate of drug-likeness (QED) is 0.340. The molecule has 0 fully saturated rings. The van der Waals surface area contributed by atoms with Crippen molar-refractivity contribution in [2.24, 2.45) is 0 Å². The summed E-state index contributed by atoms with van der Waals surface area (Å²) < 4.78 is 6.77. The number of carbonyl (C=O) groups is 1. The van der Waals surface area contributed by atoms with E-state index in [0.717, 1.165) is 16.5 Å². The maximum absolute atomic E-state index is 12.6. The van der Waals surface area contributed by atoms with Gasteiger partial charge in [-0.05, 0) is 54.0 Å². The first-order valence-electron chi connectivity index (χ1n) is 9.57. The standard InChI is InChI=1S/C25H21BrN2O2/c1-2-18-8-11-23(12-9-18)28-25(29)21(16-27)14-20-15-22(26)10-13-24(20)30-17-19-6-4-3-5-7-19/h3-15H,2,17H2,1H3,(H,28,29)/b21-14+. The van der Waals surface area contributed by atoms with Crippen LogP contribution < -0.4 is 10.1 Å². The average Bonchev–Trinajstić information content (AvgIpc) is 2.78. The summed E-state index contributed by atoms with van der Waals surface area (Å²) in [7, 11) is 0. The van der Waals surface area contributed by atoms with E-state index < -0.39 is 5.91 Å². The van der Waals surface area contributed by atoms with Gasteiger partial charge in [-0.3, -0.25) is 4.79 Å². The highest BCUT2D eigenvalue weighted by atomic mass is 79.9. The molecule has 1 amide bonds. The number of nitriles is 1. The van der Waals surface area contributed by atoms with E-state index in [4.69, 9.17) is 4.74 Å². The molecule has 30 heavy (non-hydrogen) atoms. The van der Waals surface area contributed by atoms with Gasteiger partial charge in [-0.15, -0.1) is 0 Å². The van der Waals surface area contributed by atoms with Crippen LogP contribution in [0.15, 0.2) is 82.8 Å². The first-order valence-corrected chi connectivity index (χ1v) is 10.4. The van der Waals surface area contributed by atoms with Crippen LogP contribution in [0, 0.1) is 11.3 Å². The molecule has 4 nitrogen and oxygen atoms in total. The molecule has 3 aromatic rings. The Hall–Kier alpha value is -3.36. The summed E-state index contributed by atoms with van der Waals surface area (Å²) in [5.41, 5.74) is 3.50. The van der Waals surface area contributed by atoms with E-state index in [1.165, 1.54) is 5.56 Å². The molecule has 0 atom stereocenters. The number of anilines is 1. The molecule has 0 radical (unpaired) electrons. The van der Waals surface area contributed by atoms with Crippen LogP contribution in [-0.2, 0) is 17.8 Å². The Morgan fingerprint density at radius 2 is 1.80 bits per heavy atom. The Morgan fingerprint density at radius 1 is 1.07 bits per heavy atom. The maximum atomic E-state index is 12.6. The zero-order chi connectivity index (χ0) is 21.3. The van der Waals surface area contributed by atoms with Gasteiger partial charge < -0.3 is 10.1 Å². The molecule has 5 heteroatoms. The second kappa shape index (κ2) is 10.4. The van der Waals surface area contributed by atoms with Crippen molar-refractivity contribution < 1.29 is 9.53 Å². The molecule has 0 aliphatic rings. The van der Waals surface area contributed by atoms with Gasteiger partial charge in [-0.1, -0.05) is 65.3 Å². The summed E-state index contributed by atoms with van der Waals surface area (Å²) in [6, 6.07) is 24.9. The highest BCUT2D eigenvalue weighted by Crippen LogP contribution is 2.27. The predicted molar refractivity (Wildman–Crippen MR) is 123 cm³/mol. The molecule has 0 spiro atoms. The van der Waals surface area contributed by atoms with Crippen LogP contribution in [0.1, 0.15) is 23.6 Å². The van der Waals surface area contributed by atoms with E-state index >= 15 is 0 Å². The number of hydrogen-bond donors (Lipinski definition) is 1. The van der Waals surface area contributed by atoms with Crippen LogP contribution in [0.5, 0.6) is 5.75 Å². The average molecular weight is 461 g/mol. The summed E-state index contributed by atoms with van der Waals surface area (Å²) >= 11 is 3.44. The highest BCUT2D eigenvalue weighted by Gasteiger charge is 2.12. The Kier molecular flexibility index (Phi) is 7.42. The van der Waals surface area contributed by atoms with Crippen molar-refractivity contribution in [1.29, 1.82) is 5.26 Å². The number of aryl methyl sites for hydroxylation is 1. The van der Waals surface area contributed by atoms with Crippen molar-refractivity contribution in [3.63, 3.8) is 0 Å². The predicted octanol–water partition coefficient (Wildman–Crippen LogP) is 6.14.